The molecule has 3 aromatic carbocycles. The molecule has 1 N–H and O–H groups in total. The maximum Gasteiger partial charge on any atom is 0.414 e. The fraction of sp³-hybridized carbons (Fsp3) is 0.130. The van der Waals surface area contributed by atoms with Gasteiger partial charge in [0.1, 0.15) is 23.5 Å². The summed E-state index contributed by atoms with van der Waals surface area (Å²) in [4.78, 5) is 26.2. The average Bonchev–Trinajstić information content (AvgIpc) is 3.36. The maximum atomic E-state index is 12.9. The Hall–Kier alpha value is -4.00. The molecule has 5 rings (SSSR count). The van der Waals surface area contributed by atoms with Gasteiger partial charge in [0.25, 0.3) is 5.91 Å². The highest BCUT2D eigenvalue weighted by Crippen LogP contribution is 2.36. The van der Waals surface area contributed by atoms with Crippen LogP contribution in [-0.4, -0.2) is 32.3 Å². The first-order valence-corrected chi connectivity index (χ1v) is 9.49. The van der Waals surface area contributed by atoms with Crippen molar-refractivity contribution in [3.63, 3.8) is 0 Å². The normalized spacial score (nSPS) is 13.6. The lowest BCUT2D eigenvalue weighted by molar-refractivity contribution is 0.102. The fourth-order valence-electron chi connectivity index (χ4n) is 3.66. The molecule has 0 atom stereocenters. The quantitative estimate of drug-likeness (QED) is 0.530. The summed E-state index contributed by atoms with van der Waals surface area (Å²) >= 11 is 0. The van der Waals surface area contributed by atoms with Gasteiger partial charge in [-0.15, -0.1) is 0 Å². The summed E-state index contributed by atoms with van der Waals surface area (Å²) in [6.07, 6.45) is -0.412. The van der Waals surface area contributed by atoms with Crippen LogP contribution >= 0.6 is 0 Å². The minimum Gasteiger partial charge on any atom is -0.495 e. The Bertz CT molecular complexity index is 1290. The van der Waals surface area contributed by atoms with Crippen LogP contribution in [0.4, 0.5) is 16.2 Å². The van der Waals surface area contributed by atoms with Crippen molar-refractivity contribution in [2.45, 2.75) is 0 Å². The minimum absolute atomic E-state index is 0.321. The molecular formula is C23H18N2O5. The number of amides is 2. The Morgan fingerprint density at radius 2 is 1.90 bits per heavy atom. The second-order valence-electron chi connectivity index (χ2n) is 6.92. The monoisotopic (exact) mass is 402 g/mol. The Morgan fingerprint density at radius 1 is 1.03 bits per heavy atom. The van der Waals surface area contributed by atoms with Gasteiger partial charge in [-0.05, 0) is 30.3 Å². The zero-order valence-corrected chi connectivity index (χ0v) is 16.2. The van der Waals surface area contributed by atoms with Gasteiger partial charge in [-0.3, -0.25) is 9.69 Å². The molecule has 0 aliphatic carbocycles. The molecule has 1 aromatic heterocycles. The zero-order chi connectivity index (χ0) is 20.7. The predicted octanol–water partition coefficient (Wildman–Crippen LogP) is 4.80. The van der Waals surface area contributed by atoms with Crippen molar-refractivity contribution in [1.29, 1.82) is 0 Å². The number of hydrogen-bond donors (Lipinski definition) is 1. The van der Waals surface area contributed by atoms with Gasteiger partial charge in [0.05, 0.1) is 19.3 Å². The number of benzene rings is 3. The standard InChI is InChI=1S/C23H18N2O5/c1-28-21-12-17-16-7-2-3-8-19(16)30-20(17)13-18(21)24-22(26)14-5-4-6-15(11-14)25-9-10-29-23(25)27/h2-8,11-13H,9-10H2,1H3,(H,24,26). The number of carbonyl (C=O) groups excluding carboxylic acids is 2. The fourth-order valence-corrected chi connectivity index (χ4v) is 3.66. The van der Waals surface area contributed by atoms with Gasteiger partial charge in [-0.2, -0.15) is 0 Å². The summed E-state index contributed by atoms with van der Waals surface area (Å²) < 4.78 is 16.4. The molecule has 150 valence electrons. The van der Waals surface area contributed by atoms with E-state index in [1.165, 1.54) is 4.90 Å². The van der Waals surface area contributed by atoms with Crippen LogP contribution in [0, 0.1) is 0 Å². The Morgan fingerprint density at radius 3 is 2.70 bits per heavy atom. The first kappa shape index (κ1) is 18.1. The molecule has 1 fully saturated rings. The Labute approximate surface area is 171 Å². The van der Waals surface area contributed by atoms with Crippen LogP contribution in [0.25, 0.3) is 21.9 Å². The topological polar surface area (TPSA) is 81.0 Å². The number of ether oxygens (including phenoxy) is 2. The molecule has 0 unspecified atom stereocenters. The third-order valence-electron chi connectivity index (χ3n) is 5.13. The lowest BCUT2D eigenvalue weighted by atomic mass is 10.1. The number of para-hydroxylation sites is 1. The van der Waals surface area contributed by atoms with E-state index in [1.54, 1.807) is 37.4 Å². The van der Waals surface area contributed by atoms with Crippen LogP contribution < -0.4 is 15.0 Å². The van der Waals surface area contributed by atoms with Crippen LogP contribution in [0.15, 0.2) is 65.1 Å². The van der Waals surface area contributed by atoms with Crippen molar-refractivity contribution in [2.75, 3.05) is 30.5 Å². The van der Waals surface area contributed by atoms with Crippen LogP contribution in [0.2, 0.25) is 0 Å². The van der Waals surface area contributed by atoms with Gasteiger partial charge in [0, 0.05) is 28.1 Å². The third kappa shape index (κ3) is 3.00. The molecule has 0 spiro atoms. The van der Waals surface area contributed by atoms with Crippen molar-refractivity contribution in [1.82, 2.24) is 0 Å². The molecule has 1 aliphatic heterocycles. The first-order chi connectivity index (χ1) is 14.6. The number of nitrogens with zero attached hydrogens (tertiary/aromatic N) is 1. The number of methoxy groups -OCH3 is 1. The molecule has 2 heterocycles. The van der Waals surface area contributed by atoms with Gasteiger partial charge in [0.15, 0.2) is 0 Å². The second kappa shape index (κ2) is 7.11. The zero-order valence-electron chi connectivity index (χ0n) is 16.2. The summed E-state index contributed by atoms with van der Waals surface area (Å²) in [6.45, 7) is 0.796. The van der Waals surface area contributed by atoms with Crippen LogP contribution in [0.5, 0.6) is 5.75 Å². The van der Waals surface area contributed by atoms with Gasteiger partial charge in [0.2, 0.25) is 0 Å². The number of nitrogens with one attached hydrogen (secondary N) is 1. The molecule has 7 heteroatoms. The van der Waals surface area contributed by atoms with Crippen molar-refractivity contribution in [3.8, 4) is 5.75 Å². The largest absolute Gasteiger partial charge is 0.495 e. The first-order valence-electron chi connectivity index (χ1n) is 9.49. The van der Waals surface area contributed by atoms with Crippen LogP contribution in [-0.2, 0) is 4.74 Å². The highest BCUT2D eigenvalue weighted by atomic mass is 16.6. The highest BCUT2D eigenvalue weighted by molar-refractivity contribution is 6.10. The van der Waals surface area contributed by atoms with Crippen molar-refractivity contribution in [2.24, 2.45) is 0 Å². The van der Waals surface area contributed by atoms with E-state index in [9.17, 15) is 9.59 Å². The number of hydrogen-bond acceptors (Lipinski definition) is 5. The molecule has 4 aromatic rings. The minimum atomic E-state index is -0.412. The lowest BCUT2D eigenvalue weighted by Crippen LogP contribution is -2.23. The molecule has 0 saturated carbocycles. The van der Waals surface area contributed by atoms with Crippen LogP contribution in [0.3, 0.4) is 0 Å². The van der Waals surface area contributed by atoms with E-state index in [1.807, 2.05) is 30.3 Å². The number of rotatable bonds is 4. The predicted molar refractivity (Wildman–Crippen MR) is 113 cm³/mol. The number of anilines is 2. The Balaban J connectivity index is 1.48. The molecule has 30 heavy (non-hydrogen) atoms. The molecule has 0 radical (unpaired) electrons. The summed E-state index contributed by atoms with van der Waals surface area (Å²) in [5.41, 5.74) is 2.95. The molecule has 1 saturated heterocycles. The smallest absolute Gasteiger partial charge is 0.414 e. The average molecular weight is 402 g/mol. The summed E-state index contributed by atoms with van der Waals surface area (Å²) in [6, 6.07) is 18.2. The van der Waals surface area contributed by atoms with Gasteiger partial charge < -0.3 is 19.2 Å². The van der Waals surface area contributed by atoms with Gasteiger partial charge >= 0.3 is 6.09 Å². The third-order valence-corrected chi connectivity index (χ3v) is 5.13. The highest BCUT2D eigenvalue weighted by Gasteiger charge is 2.24. The maximum absolute atomic E-state index is 12.9. The summed E-state index contributed by atoms with van der Waals surface area (Å²) in [5, 5.41) is 4.78. The van der Waals surface area contributed by atoms with E-state index in [2.05, 4.69) is 5.32 Å². The van der Waals surface area contributed by atoms with E-state index in [-0.39, 0.29) is 5.91 Å². The van der Waals surface area contributed by atoms with E-state index < -0.39 is 6.09 Å². The van der Waals surface area contributed by atoms with Gasteiger partial charge in [-0.25, -0.2) is 4.79 Å². The van der Waals surface area contributed by atoms with Gasteiger partial charge in [-0.1, -0.05) is 24.3 Å². The van der Waals surface area contributed by atoms with Crippen molar-refractivity contribution < 1.29 is 23.5 Å². The number of carbonyl (C=O) groups is 2. The van der Waals surface area contributed by atoms with Crippen molar-refractivity contribution in [3.05, 3.63) is 66.2 Å². The van der Waals surface area contributed by atoms with E-state index >= 15 is 0 Å². The summed E-state index contributed by atoms with van der Waals surface area (Å²) in [5.74, 6) is 0.208. The second-order valence-corrected chi connectivity index (χ2v) is 6.92. The molecule has 0 bridgehead atoms. The number of furan rings is 1. The van der Waals surface area contributed by atoms with Crippen molar-refractivity contribution >= 4 is 45.3 Å². The van der Waals surface area contributed by atoms with E-state index in [4.69, 9.17) is 13.9 Å². The Kier molecular flexibility index (Phi) is 4.28. The lowest BCUT2D eigenvalue weighted by Gasteiger charge is -2.14. The van der Waals surface area contributed by atoms with E-state index in [0.29, 0.717) is 41.4 Å². The molecule has 2 amide bonds. The number of fused-ring (bicyclic) bond motifs is 3. The number of cyclic esters (lactones) is 1. The molecule has 7 nitrogen and oxygen atoms in total. The van der Waals surface area contributed by atoms with E-state index in [0.717, 1.165) is 16.4 Å². The molecule has 1 aliphatic rings. The molecular weight excluding hydrogens is 384 g/mol. The summed E-state index contributed by atoms with van der Waals surface area (Å²) in [7, 11) is 1.55. The van der Waals surface area contributed by atoms with Crippen LogP contribution in [0.1, 0.15) is 10.4 Å². The SMILES string of the molecule is COc1cc2c(cc1NC(=O)c1cccc(N3CCOC3=O)c1)oc1ccccc12.